The highest BCUT2D eigenvalue weighted by molar-refractivity contribution is 4.94. The van der Waals surface area contributed by atoms with Crippen LogP contribution in [0.1, 0.15) is 0 Å². The van der Waals surface area contributed by atoms with E-state index >= 15 is 0 Å². The molecule has 0 aliphatic heterocycles. The fraction of sp³-hybridized carbons (Fsp3) is 1.00. The second-order valence-electron chi connectivity index (χ2n) is 2.46. The van der Waals surface area contributed by atoms with Crippen LogP contribution in [0.3, 0.4) is 0 Å². The van der Waals surface area contributed by atoms with Gasteiger partial charge in [0, 0.05) is 0 Å². The van der Waals surface area contributed by atoms with Gasteiger partial charge < -0.3 is 0 Å². The van der Waals surface area contributed by atoms with E-state index in [-0.39, 0.29) is 0 Å². The van der Waals surface area contributed by atoms with Gasteiger partial charge in [0.2, 0.25) is 6.17 Å². The molecule has 10 heteroatoms. The molecule has 0 aliphatic rings. The van der Waals surface area contributed by atoms with Crippen molar-refractivity contribution in [1.29, 1.82) is 0 Å². The molecule has 0 spiro atoms. The molecule has 0 bridgehead atoms. The Hall–Kier alpha value is -0.700. The summed E-state index contributed by atoms with van der Waals surface area (Å²) in [5, 5.41) is 0. The van der Waals surface area contributed by atoms with E-state index in [1.807, 2.05) is 0 Å². The lowest BCUT2D eigenvalue weighted by Gasteiger charge is -2.28. The van der Waals surface area contributed by atoms with Gasteiger partial charge in [0.1, 0.15) is 0 Å². The third-order valence-electron chi connectivity index (χ3n) is 1.33. The molecule has 0 aromatic rings. The molecule has 0 saturated heterocycles. The van der Waals surface area contributed by atoms with E-state index in [0.717, 1.165) is 0 Å². The van der Waals surface area contributed by atoms with Crippen molar-refractivity contribution in [2.75, 3.05) is 0 Å². The van der Waals surface area contributed by atoms with E-state index in [9.17, 15) is 43.9 Å². The first-order valence-electron chi connectivity index (χ1n) is 3.09. The Morgan fingerprint density at radius 2 is 1.00 bits per heavy atom. The predicted molar refractivity (Wildman–Crippen MR) is 26.8 cm³/mol. The average molecular weight is 252 g/mol. The van der Waals surface area contributed by atoms with Crippen molar-refractivity contribution in [2.24, 2.45) is 0 Å². The molecule has 1 unspecified atom stereocenters. The molecule has 0 aliphatic carbocycles. The molecule has 0 amide bonds. The molecule has 0 saturated carbocycles. The van der Waals surface area contributed by atoms with E-state index in [2.05, 4.69) is 0 Å². The molecule has 15 heavy (non-hydrogen) atoms. The maximum atomic E-state index is 12.0. The number of hydrogen-bond acceptors (Lipinski definition) is 0. The molecule has 0 fully saturated rings. The highest BCUT2D eigenvalue weighted by Gasteiger charge is 2.72. The second kappa shape index (κ2) is 3.71. The minimum atomic E-state index is -6.66. The summed E-state index contributed by atoms with van der Waals surface area (Å²) in [7, 11) is 0. The molecule has 0 aromatic heterocycles. The predicted octanol–water partition coefficient (Wildman–Crippen LogP) is 3.42. The Bertz CT molecular complexity index is 214. The molecular weight excluding hydrogens is 250 g/mol. The third-order valence-corrected chi connectivity index (χ3v) is 1.33. The first kappa shape index (κ1) is 14.3. The molecule has 0 aromatic carbocycles. The van der Waals surface area contributed by atoms with Crippen molar-refractivity contribution in [3.05, 3.63) is 0 Å². The maximum absolute atomic E-state index is 12.0. The summed E-state index contributed by atoms with van der Waals surface area (Å²) in [6.07, 6.45) is -16.9. The van der Waals surface area contributed by atoms with E-state index < -0.39 is 30.6 Å². The fourth-order valence-corrected chi connectivity index (χ4v) is 0.496. The molecule has 1 atom stereocenters. The average Bonchev–Trinajstić information content (AvgIpc) is 2.00. The molecule has 0 radical (unpaired) electrons. The van der Waals surface area contributed by atoms with Crippen LogP contribution in [-0.2, 0) is 0 Å². The van der Waals surface area contributed by atoms with Gasteiger partial charge in [-0.25, -0.2) is 13.2 Å². The Kier molecular flexibility index (Phi) is 3.53. The largest absolute Gasteiger partial charge is 0.456 e. The molecule has 92 valence electrons. The van der Waals surface area contributed by atoms with Crippen LogP contribution in [0, 0.1) is 0 Å². The van der Waals surface area contributed by atoms with Gasteiger partial charge in [-0.3, -0.25) is 0 Å². The molecule has 0 rings (SSSR count). The minimum absolute atomic E-state index is 4.96. The topological polar surface area (TPSA) is 0 Å². The zero-order valence-electron chi connectivity index (χ0n) is 6.43. The minimum Gasteiger partial charge on any atom is -0.233 e. The fourth-order valence-electron chi connectivity index (χ4n) is 0.496. The normalized spacial score (nSPS) is 17.0. The van der Waals surface area contributed by atoms with E-state index in [4.69, 9.17) is 0 Å². The lowest BCUT2D eigenvalue weighted by molar-refractivity contribution is -0.337. The number of hydrogen-bond donors (Lipinski definition) is 0. The van der Waals surface area contributed by atoms with Crippen molar-refractivity contribution in [3.8, 4) is 0 Å². The number of halogens is 10. The van der Waals surface area contributed by atoms with Crippen LogP contribution in [-0.4, -0.2) is 30.6 Å². The van der Waals surface area contributed by atoms with Gasteiger partial charge in [-0.2, -0.15) is 30.7 Å². The van der Waals surface area contributed by atoms with Crippen molar-refractivity contribution in [2.45, 2.75) is 30.6 Å². The maximum Gasteiger partial charge on any atom is 0.456 e. The Balaban J connectivity index is 5.09. The standard InChI is InChI=1S/C5H2F10/c6-1(3(9,10)2(7)8)4(11,12)5(13,14)15/h1-2H. The summed E-state index contributed by atoms with van der Waals surface area (Å²) in [6, 6.07) is 0. The quantitative estimate of drug-likeness (QED) is 0.675. The zero-order chi connectivity index (χ0) is 12.7. The van der Waals surface area contributed by atoms with Gasteiger partial charge in [-0.05, 0) is 0 Å². The smallest absolute Gasteiger partial charge is 0.233 e. The van der Waals surface area contributed by atoms with E-state index in [1.54, 1.807) is 0 Å². The third kappa shape index (κ3) is 2.46. The first-order chi connectivity index (χ1) is 6.35. The summed E-state index contributed by atoms with van der Waals surface area (Å²) >= 11 is 0. The van der Waals surface area contributed by atoms with Crippen LogP contribution in [0.4, 0.5) is 43.9 Å². The van der Waals surface area contributed by atoms with Crippen LogP contribution in [0.15, 0.2) is 0 Å². The van der Waals surface area contributed by atoms with Crippen LogP contribution in [0.2, 0.25) is 0 Å². The Labute approximate surface area is 75.9 Å². The Morgan fingerprint density at radius 3 is 1.20 bits per heavy atom. The summed E-state index contributed by atoms with van der Waals surface area (Å²) < 4.78 is 116. The summed E-state index contributed by atoms with van der Waals surface area (Å²) in [6.45, 7) is 0. The van der Waals surface area contributed by atoms with Crippen molar-refractivity contribution < 1.29 is 43.9 Å². The monoisotopic (exact) mass is 252 g/mol. The number of alkyl halides is 10. The van der Waals surface area contributed by atoms with Crippen molar-refractivity contribution >= 4 is 0 Å². The van der Waals surface area contributed by atoms with E-state index in [0.29, 0.717) is 0 Å². The second-order valence-corrected chi connectivity index (χ2v) is 2.46. The molecule has 0 heterocycles. The molecule has 0 nitrogen and oxygen atoms in total. The highest BCUT2D eigenvalue weighted by atomic mass is 19.4. The van der Waals surface area contributed by atoms with E-state index in [1.165, 1.54) is 0 Å². The summed E-state index contributed by atoms with van der Waals surface area (Å²) in [5.74, 6) is -12.6. The lowest BCUT2D eigenvalue weighted by Crippen LogP contribution is -2.55. The number of rotatable bonds is 3. The van der Waals surface area contributed by atoms with Crippen LogP contribution in [0.25, 0.3) is 0 Å². The summed E-state index contributed by atoms with van der Waals surface area (Å²) in [4.78, 5) is 0. The summed E-state index contributed by atoms with van der Waals surface area (Å²) in [5.41, 5.74) is 0. The lowest BCUT2D eigenvalue weighted by atomic mass is 10.1. The first-order valence-corrected chi connectivity index (χ1v) is 3.09. The SMILES string of the molecule is FC(F)C(F)(F)C(F)C(F)(F)C(F)(F)F. The van der Waals surface area contributed by atoms with Gasteiger partial charge in [0.05, 0.1) is 0 Å². The van der Waals surface area contributed by atoms with Crippen LogP contribution in [0.5, 0.6) is 0 Å². The van der Waals surface area contributed by atoms with Gasteiger partial charge in [0.25, 0.3) is 0 Å². The molecular formula is C5H2F10. The Morgan fingerprint density at radius 1 is 0.667 bits per heavy atom. The van der Waals surface area contributed by atoms with Crippen LogP contribution >= 0.6 is 0 Å². The van der Waals surface area contributed by atoms with Crippen molar-refractivity contribution in [1.82, 2.24) is 0 Å². The van der Waals surface area contributed by atoms with Gasteiger partial charge in [-0.1, -0.05) is 0 Å². The van der Waals surface area contributed by atoms with Gasteiger partial charge in [0.15, 0.2) is 0 Å². The highest BCUT2D eigenvalue weighted by Crippen LogP contribution is 2.46. The van der Waals surface area contributed by atoms with Crippen molar-refractivity contribution in [3.63, 3.8) is 0 Å². The van der Waals surface area contributed by atoms with Gasteiger partial charge >= 0.3 is 24.4 Å². The van der Waals surface area contributed by atoms with Gasteiger partial charge in [-0.15, -0.1) is 0 Å². The molecule has 0 N–H and O–H groups in total. The zero-order valence-corrected chi connectivity index (χ0v) is 6.43. The van der Waals surface area contributed by atoms with Crippen LogP contribution < -0.4 is 0 Å².